The van der Waals surface area contributed by atoms with E-state index in [2.05, 4.69) is 18.5 Å². The molecule has 0 aliphatic rings. The molecule has 0 aliphatic carbocycles. The zero-order valence-electron chi connectivity index (χ0n) is 8.77. The number of aliphatic hydroxyl groups is 1. The highest BCUT2D eigenvalue weighted by Crippen LogP contribution is 1.96. The Morgan fingerprint density at radius 3 is 2.47 bits per heavy atom. The van der Waals surface area contributed by atoms with E-state index in [0.29, 0.717) is 0 Å². The van der Waals surface area contributed by atoms with Gasteiger partial charge in [-0.3, -0.25) is 9.69 Å². The van der Waals surface area contributed by atoms with E-state index in [-0.39, 0.29) is 13.1 Å². The molecule has 0 aromatic rings. The minimum absolute atomic E-state index is 0.0622. The van der Waals surface area contributed by atoms with Gasteiger partial charge >= 0.3 is 6.03 Å². The Kier molecular flexibility index (Phi) is 6.05. The third-order valence-corrected chi connectivity index (χ3v) is 1.58. The average molecular weight is 212 g/mol. The van der Waals surface area contributed by atoms with Crippen molar-refractivity contribution in [3.05, 3.63) is 25.3 Å². The number of imide groups is 1. The summed E-state index contributed by atoms with van der Waals surface area (Å²) in [4.78, 5) is 23.7. The maximum absolute atomic E-state index is 11.4. The van der Waals surface area contributed by atoms with Gasteiger partial charge in [0.05, 0.1) is 0 Å². The molecular weight excluding hydrogens is 196 g/mol. The lowest BCUT2D eigenvalue weighted by Crippen LogP contribution is -2.47. The molecule has 0 saturated heterocycles. The summed E-state index contributed by atoms with van der Waals surface area (Å²) in [6, 6.07) is -0.569. The summed E-state index contributed by atoms with van der Waals surface area (Å²) in [7, 11) is 0. The van der Waals surface area contributed by atoms with Crippen LogP contribution in [0.25, 0.3) is 0 Å². The smallest absolute Gasteiger partial charge is 0.324 e. The van der Waals surface area contributed by atoms with Gasteiger partial charge in [0.15, 0.2) is 0 Å². The van der Waals surface area contributed by atoms with E-state index in [9.17, 15) is 9.59 Å². The van der Waals surface area contributed by atoms with Crippen LogP contribution in [-0.4, -0.2) is 41.1 Å². The van der Waals surface area contributed by atoms with Gasteiger partial charge in [0.1, 0.15) is 6.10 Å². The predicted octanol–water partition coefficient (Wildman–Crippen LogP) is 0.277. The lowest BCUT2D eigenvalue weighted by molar-refractivity contribution is -0.135. The van der Waals surface area contributed by atoms with Crippen molar-refractivity contribution in [3.8, 4) is 0 Å². The number of urea groups is 1. The molecule has 0 spiro atoms. The Labute approximate surface area is 89.1 Å². The topological polar surface area (TPSA) is 69.6 Å². The third-order valence-electron chi connectivity index (χ3n) is 1.58. The molecular formula is C10H16N2O3. The molecule has 0 saturated carbocycles. The second kappa shape index (κ2) is 6.78. The number of nitrogens with zero attached hydrogens (tertiary/aromatic N) is 1. The van der Waals surface area contributed by atoms with Crippen LogP contribution in [0, 0.1) is 0 Å². The lowest BCUT2D eigenvalue weighted by atomic mass is 10.3. The van der Waals surface area contributed by atoms with Crippen LogP contribution in [0.5, 0.6) is 0 Å². The number of hydrogen-bond acceptors (Lipinski definition) is 3. The van der Waals surface area contributed by atoms with E-state index in [1.54, 1.807) is 0 Å². The first-order valence-corrected chi connectivity index (χ1v) is 4.53. The summed E-state index contributed by atoms with van der Waals surface area (Å²) in [5.41, 5.74) is 0. The number of hydrogen-bond donors (Lipinski definition) is 2. The van der Waals surface area contributed by atoms with E-state index >= 15 is 0 Å². The van der Waals surface area contributed by atoms with Gasteiger partial charge in [-0.25, -0.2) is 4.79 Å². The summed E-state index contributed by atoms with van der Waals surface area (Å²) in [6.45, 7) is 8.49. The summed E-state index contributed by atoms with van der Waals surface area (Å²) in [5.74, 6) is -0.656. The van der Waals surface area contributed by atoms with Crippen LogP contribution in [0.1, 0.15) is 6.92 Å². The second-order valence-electron chi connectivity index (χ2n) is 2.89. The summed E-state index contributed by atoms with van der Waals surface area (Å²) in [6.07, 6.45) is 1.70. The van der Waals surface area contributed by atoms with Crippen molar-refractivity contribution in [2.24, 2.45) is 0 Å². The first-order chi connectivity index (χ1) is 7.04. The van der Waals surface area contributed by atoms with Gasteiger partial charge in [0.25, 0.3) is 5.91 Å². The monoisotopic (exact) mass is 212 g/mol. The molecule has 0 bridgehead atoms. The first kappa shape index (κ1) is 13.4. The minimum atomic E-state index is -1.21. The Hall–Kier alpha value is -1.62. The average Bonchev–Trinajstić information content (AvgIpc) is 2.21. The highest BCUT2D eigenvalue weighted by Gasteiger charge is 2.22. The number of rotatable bonds is 5. The molecule has 1 atom stereocenters. The molecule has 0 radical (unpaired) electrons. The molecule has 0 fully saturated rings. The standard InChI is InChI=1S/C10H16N2O3/c1-4-6-11-10(15)12(7-5-2)9(14)8(3)13/h4-5,8,13H,1-2,6-7H2,3H3,(H,11,15). The summed E-state index contributed by atoms with van der Waals surface area (Å²) in [5, 5.41) is 11.5. The van der Waals surface area contributed by atoms with Gasteiger partial charge in [-0.1, -0.05) is 12.2 Å². The fraction of sp³-hybridized carbons (Fsp3) is 0.400. The molecule has 84 valence electrons. The van der Waals surface area contributed by atoms with Crippen LogP contribution in [0.15, 0.2) is 25.3 Å². The molecule has 3 amide bonds. The van der Waals surface area contributed by atoms with Crippen LogP contribution >= 0.6 is 0 Å². The molecule has 0 heterocycles. The SMILES string of the molecule is C=CCNC(=O)N(CC=C)C(=O)C(C)O. The first-order valence-electron chi connectivity index (χ1n) is 4.53. The molecule has 1 unspecified atom stereocenters. The Bertz CT molecular complexity index is 261. The van der Waals surface area contributed by atoms with E-state index in [1.807, 2.05) is 0 Å². The number of nitrogens with one attached hydrogen (secondary N) is 1. The largest absolute Gasteiger partial charge is 0.384 e. The van der Waals surface area contributed by atoms with Crippen LogP contribution < -0.4 is 5.32 Å². The molecule has 0 aromatic carbocycles. The van der Waals surface area contributed by atoms with Crippen molar-refractivity contribution < 1.29 is 14.7 Å². The molecule has 15 heavy (non-hydrogen) atoms. The molecule has 0 rings (SSSR count). The van der Waals surface area contributed by atoms with Crippen molar-refractivity contribution in [3.63, 3.8) is 0 Å². The van der Waals surface area contributed by atoms with E-state index < -0.39 is 18.0 Å². The van der Waals surface area contributed by atoms with Gasteiger partial charge in [-0.05, 0) is 6.92 Å². The highest BCUT2D eigenvalue weighted by atomic mass is 16.3. The van der Waals surface area contributed by atoms with Crippen LogP contribution in [0.3, 0.4) is 0 Å². The maximum Gasteiger partial charge on any atom is 0.324 e. The van der Waals surface area contributed by atoms with Crippen molar-refractivity contribution in [1.29, 1.82) is 0 Å². The molecule has 5 nitrogen and oxygen atoms in total. The van der Waals surface area contributed by atoms with Gasteiger partial charge in [-0.2, -0.15) is 0 Å². The fourth-order valence-corrected chi connectivity index (χ4v) is 0.883. The zero-order valence-corrected chi connectivity index (χ0v) is 8.77. The van der Waals surface area contributed by atoms with Gasteiger partial charge < -0.3 is 10.4 Å². The Balaban J connectivity index is 4.49. The van der Waals surface area contributed by atoms with Crippen molar-refractivity contribution in [2.75, 3.05) is 13.1 Å². The predicted molar refractivity (Wildman–Crippen MR) is 57.2 cm³/mol. The maximum atomic E-state index is 11.4. The second-order valence-corrected chi connectivity index (χ2v) is 2.89. The Morgan fingerprint density at radius 2 is 2.07 bits per heavy atom. The zero-order chi connectivity index (χ0) is 11.8. The molecule has 2 N–H and O–H groups in total. The molecule has 5 heteroatoms. The molecule has 0 aliphatic heterocycles. The number of carbonyl (C=O) groups is 2. The number of aliphatic hydroxyl groups excluding tert-OH is 1. The minimum Gasteiger partial charge on any atom is -0.384 e. The Morgan fingerprint density at radius 1 is 1.47 bits per heavy atom. The van der Waals surface area contributed by atoms with Crippen molar-refractivity contribution >= 4 is 11.9 Å². The lowest BCUT2D eigenvalue weighted by Gasteiger charge is -2.20. The number of amides is 3. The summed E-state index contributed by atoms with van der Waals surface area (Å²) < 4.78 is 0. The quantitative estimate of drug-likeness (QED) is 0.643. The van der Waals surface area contributed by atoms with Crippen LogP contribution in [0.4, 0.5) is 4.79 Å². The van der Waals surface area contributed by atoms with Gasteiger partial charge in [-0.15, -0.1) is 13.2 Å². The van der Waals surface area contributed by atoms with Crippen LogP contribution in [-0.2, 0) is 4.79 Å². The third kappa shape index (κ3) is 4.42. The van der Waals surface area contributed by atoms with Crippen molar-refractivity contribution in [2.45, 2.75) is 13.0 Å². The van der Waals surface area contributed by atoms with Gasteiger partial charge in [0.2, 0.25) is 0 Å². The fourth-order valence-electron chi connectivity index (χ4n) is 0.883. The van der Waals surface area contributed by atoms with E-state index in [1.165, 1.54) is 19.1 Å². The normalized spacial score (nSPS) is 11.3. The molecule has 0 aromatic heterocycles. The number of carbonyl (C=O) groups excluding carboxylic acids is 2. The van der Waals surface area contributed by atoms with Crippen LogP contribution in [0.2, 0.25) is 0 Å². The highest BCUT2D eigenvalue weighted by molar-refractivity contribution is 5.96. The summed E-state index contributed by atoms with van der Waals surface area (Å²) >= 11 is 0. The van der Waals surface area contributed by atoms with Gasteiger partial charge in [0, 0.05) is 13.1 Å². The van der Waals surface area contributed by atoms with Crippen molar-refractivity contribution in [1.82, 2.24) is 10.2 Å². The van der Waals surface area contributed by atoms with E-state index in [0.717, 1.165) is 4.90 Å². The van der Waals surface area contributed by atoms with E-state index in [4.69, 9.17) is 5.11 Å².